The van der Waals surface area contributed by atoms with Gasteiger partial charge in [-0.1, -0.05) is 0 Å². The molecule has 0 aromatic carbocycles. The number of carbonyl (C=O) groups excluding carboxylic acids is 2. The van der Waals surface area contributed by atoms with E-state index < -0.39 is 0 Å². The van der Waals surface area contributed by atoms with E-state index in [-0.39, 0.29) is 31.5 Å². The highest BCUT2D eigenvalue weighted by molar-refractivity contribution is 5.85. The van der Waals surface area contributed by atoms with Gasteiger partial charge in [-0.25, -0.2) is 4.98 Å². The summed E-state index contributed by atoms with van der Waals surface area (Å²) in [6.45, 7) is 3.07. The predicted octanol–water partition coefficient (Wildman–Crippen LogP) is -0.339. The Balaban J connectivity index is 1.96. The summed E-state index contributed by atoms with van der Waals surface area (Å²) in [7, 11) is 0. The van der Waals surface area contributed by atoms with E-state index in [0.717, 1.165) is 17.9 Å². The Morgan fingerprint density at radius 2 is 2.40 bits per heavy atom. The van der Waals surface area contributed by atoms with Crippen molar-refractivity contribution in [3.05, 3.63) is 17.7 Å². The van der Waals surface area contributed by atoms with Crippen molar-refractivity contribution in [2.75, 3.05) is 26.2 Å². The zero-order valence-electron chi connectivity index (χ0n) is 11.6. The number of rotatable bonds is 6. The average molecular weight is 280 g/mol. The first kappa shape index (κ1) is 14.5. The molecule has 1 aliphatic heterocycles. The Morgan fingerprint density at radius 1 is 1.60 bits per heavy atom. The number of aliphatic hydroxyl groups excluding tert-OH is 1. The number of hydrogen-bond donors (Lipinski definition) is 2. The molecule has 20 heavy (non-hydrogen) atoms. The SMILES string of the molecule is Cc1ncc(CN(CCO)C(=O)CN2CCCC2=O)[nH]1. The number of aromatic nitrogens is 2. The molecule has 0 aliphatic carbocycles. The van der Waals surface area contributed by atoms with E-state index in [2.05, 4.69) is 9.97 Å². The first-order valence-electron chi connectivity index (χ1n) is 6.77. The highest BCUT2D eigenvalue weighted by Crippen LogP contribution is 2.10. The van der Waals surface area contributed by atoms with Gasteiger partial charge in [0.05, 0.1) is 31.6 Å². The number of H-pyrrole nitrogens is 1. The lowest BCUT2D eigenvalue weighted by Gasteiger charge is -2.24. The minimum Gasteiger partial charge on any atom is -0.395 e. The van der Waals surface area contributed by atoms with Gasteiger partial charge < -0.3 is 19.9 Å². The third-order valence-electron chi connectivity index (χ3n) is 3.34. The fourth-order valence-electron chi connectivity index (χ4n) is 2.30. The third-order valence-corrected chi connectivity index (χ3v) is 3.34. The maximum absolute atomic E-state index is 12.2. The lowest BCUT2D eigenvalue weighted by Crippen LogP contribution is -2.41. The van der Waals surface area contributed by atoms with Gasteiger partial charge in [0, 0.05) is 19.5 Å². The van der Waals surface area contributed by atoms with Crippen molar-refractivity contribution >= 4 is 11.8 Å². The number of aliphatic hydroxyl groups is 1. The van der Waals surface area contributed by atoms with E-state index in [1.807, 2.05) is 6.92 Å². The molecule has 2 N–H and O–H groups in total. The van der Waals surface area contributed by atoms with E-state index in [0.29, 0.717) is 19.5 Å². The number of likely N-dealkylation sites (tertiary alicyclic amines) is 1. The fourth-order valence-corrected chi connectivity index (χ4v) is 2.30. The summed E-state index contributed by atoms with van der Waals surface area (Å²) < 4.78 is 0. The number of amides is 2. The molecule has 110 valence electrons. The van der Waals surface area contributed by atoms with Crippen LogP contribution in [0.2, 0.25) is 0 Å². The van der Waals surface area contributed by atoms with Crippen LogP contribution in [-0.4, -0.2) is 62.9 Å². The van der Waals surface area contributed by atoms with Gasteiger partial charge in [0.2, 0.25) is 11.8 Å². The molecule has 1 aromatic heterocycles. The molecule has 1 aromatic rings. The van der Waals surface area contributed by atoms with E-state index in [1.165, 1.54) is 0 Å². The van der Waals surface area contributed by atoms with Gasteiger partial charge in [-0.2, -0.15) is 0 Å². The number of aromatic amines is 1. The summed E-state index contributed by atoms with van der Waals surface area (Å²) in [5.74, 6) is 0.660. The molecule has 0 saturated carbocycles. The molecule has 0 spiro atoms. The van der Waals surface area contributed by atoms with Gasteiger partial charge in [-0.3, -0.25) is 9.59 Å². The normalized spacial score (nSPS) is 14.9. The molecule has 1 saturated heterocycles. The minimum absolute atomic E-state index is 0.0275. The van der Waals surface area contributed by atoms with Gasteiger partial charge in [0.25, 0.3) is 0 Å². The Kier molecular flexibility index (Phi) is 4.73. The van der Waals surface area contributed by atoms with Crippen LogP contribution in [0, 0.1) is 6.92 Å². The molecule has 2 heterocycles. The predicted molar refractivity (Wildman–Crippen MR) is 71.6 cm³/mol. The second kappa shape index (κ2) is 6.51. The molecule has 7 heteroatoms. The molecule has 2 amide bonds. The zero-order valence-corrected chi connectivity index (χ0v) is 11.6. The maximum atomic E-state index is 12.2. The van der Waals surface area contributed by atoms with Crippen LogP contribution in [0.15, 0.2) is 6.20 Å². The second-order valence-electron chi connectivity index (χ2n) is 4.95. The number of aryl methyl sites for hydroxylation is 1. The average Bonchev–Trinajstić information content (AvgIpc) is 2.99. The lowest BCUT2D eigenvalue weighted by atomic mass is 10.3. The molecular formula is C13H20N4O3. The van der Waals surface area contributed by atoms with Crippen molar-refractivity contribution in [2.45, 2.75) is 26.3 Å². The van der Waals surface area contributed by atoms with Crippen LogP contribution in [0.5, 0.6) is 0 Å². The second-order valence-corrected chi connectivity index (χ2v) is 4.95. The molecule has 0 bridgehead atoms. The van der Waals surface area contributed by atoms with Crippen LogP contribution in [0.25, 0.3) is 0 Å². The smallest absolute Gasteiger partial charge is 0.242 e. The van der Waals surface area contributed by atoms with Gasteiger partial charge >= 0.3 is 0 Å². The van der Waals surface area contributed by atoms with Crippen LogP contribution >= 0.6 is 0 Å². The Hall–Kier alpha value is -1.89. The Bertz CT molecular complexity index is 486. The van der Waals surface area contributed by atoms with Crippen molar-refractivity contribution in [2.24, 2.45) is 0 Å². The molecule has 7 nitrogen and oxygen atoms in total. The number of nitrogens with zero attached hydrogens (tertiary/aromatic N) is 3. The highest BCUT2D eigenvalue weighted by atomic mass is 16.3. The number of hydrogen-bond acceptors (Lipinski definition) is 4. The van der Waals surface area contributed by atoms with Crippen LogP contribution in [0.4, 0.5) is 0 Å². The molecule has 0 atom stereocenters. The van der Waals surface area contributed by atoms with Crippen molar-refractivity contribution in [3.8, 4) is 0 Å². The van der Waals surface area contributed by atoms with E-state index in [4.69, 9.17) is 5.11 Å². The summed E-state index contributed by atoms with van der Waals surface area (Å²) in [6.07, 6.45) is 3.01. The number of carbonyl (C=O) groups is 2. The van der Waals surface area contributed by atoms with Crippen LogP contribution in [-0.2, 0) is 16.1 Å². The van der Waals surface area contributed by atoms with E-state index >= 15 is 0 Å². The van der Waals surface area contributed by atoms with Crippen molar-refractivity contribution in [1.29, 1.82) is 0 Å². The van der Waals surface area contributed by atoms with Gasteiger partial charge in [0.1, 0.15) is 5.82 Å². The monoisotopic (exact) mass is 280 g/mol. The lowest BCUT2D eigenvalue weighted by molar-refractivity contribution is -0.139. The van der Waals surface area contributed by atoms with E-state index in [1.54, 1.807) is 16.0 Å². The molecule has 1 fully saturated rings. The minimum atomic E-state index is -0.151. The topological polar surface area (TPSA) is 89.5 Å². The number of nitrogens with one attached hydrogen (secondary N) is 1. The summed E-state index contributed by atoms with van der Waals surface area (Å²) in [5.41, 5.74) is 0.817. The largest absolute Gasteiger partial charge is 0.395 e. The molecule has 0 unspecified atom stereocenters. The van der Waals surface area contributed by atoms with Crippen molar-refractivity contribution in [1.82, 2.24) is 19.8 Å². The summed E-state index contributed by atoms with van der Waals surface area (Å²) in [6, 6.07) is 0. The Morgan fingerprint density at radius 3 is 2.95 bits per heavy atom. The first-order chi connectivity index (χ1) is 9.60. The fraction of sp³-hybridized carbons (Fsp3) is 0.615. The first-order valence-corrected chi connectivity index (χ1v) is 6.77. The molecular weight excluding hydrogens is 260 g/mol. The summed E-state index contributed by atoms with van der Waals surface area (Å²) >= 11 is 0. The van der Waals surface area contributed by atoms with E-state index in [9.17, 15) is 9.59 Å². The number of imidazole rings is 1. The zero-order chi connectivity index (χ0) is 14.5. The van der Waals surface area contributed by atoms with Crippen molar-refractivity contribution in [3.63, 3.8) is 0 Å². The van der Waals surface area contributed by atoms with Crippen LogP contribution in [0.1, 0.15) is 24.4 Å². The molecule has 0 radical (unpaired) electrons. The maximum Gasteiger partial charge on any atom is 0.242 e. The van der Waals surface area contributed by atoms with Gasteiger partial charge in [-0.15, -0.1) is 0 Å². The van der Waals surface area contributed by atoms with Gasteiger partial charge in [-0.05, 0) is 13.3 Å². The quantitative estimate of drug-likeness (QED) is 0.746. The van der Waals surface area contributed by atoms with Crippen molar-refractivity contribution < 1.29 is 14.7 Å². The van der Waals surface area contributed by atoms with Crippen LogP contribution < -0.4 is 0 Å². The van der Waals surface area contributed by atoms with Crippen LogP contribution in [0.3, 0.4) is 0 Å². The standard InChI is InChI=1S/C13H20N4O3/c1-10-14-7-11(15-10)8-17(5-6-18)13(20)9-16-4-2-3-12(16)19/h7,18H,2-6,8-9H2,1H3,(H,14,15). The Labute approximate surface area is 117 Å². The summed E-state index contributed by atoms with van der Waals surface area (Å²) in [4.78, 5) is 34.0. The molecule has 1 aliphatic rings. The highest BCUT2D eigenvalue weighted by Gasteiger charge is 2.25. The van der Waals surface area contributed by atoms with Gasteiger partial charge in [0.15, 0.2) is 0 Å². The summed E-state index contributed by atoms with van der Waals surface area (Å²) in [5, 5.41) is 9.08. The third kappa shape index (κ3) is 3.57. The molecule has 2 rings (SSSR count).